The highest BCUT2D eigenvalue weighted by Crippen LogP contribution is 2.46. The monoisotopic (exact) mass is 434 g/mol. The molecule has 0 amide bonds. The molecule has 4 aromatic rings. The minimum atomic E-state index is 0.580. The van der Waals surface area contributed by atoms with Crippen LogP contribution >= 0.6 is 11.8 Å². The summed E-state index contributed by atoms with van der Waals surface area (Å²) in [6.45, 7) is 4.52. The molecule has 0 bridgehead atoms. The van der Waals surface area contributed by atoms with Gasteiger partial charge in [-0.2, -0.15) is 11.8 Å². The second-order valence-electron chi connectivity index (χ2n) is 9.71. The molecule has 1 fully saturated rings. The van der Waals surface area contributed by atoms with E-state index in [0.717, 1.165) is 0 Å². The van der Waals surface area contributed by atoms with Crippen molar-refractivity contribution < 1.29 is 0 Å². The van der Waals surface area contributed by atoms with Gasteiger partial charge < -0.3 is 0 Å². The lowest BCUT2D eigenvalue weighted by molar-refractivity contribution is 0.554. The second kappa shape index (κ2) is 8.12. The van der Waals surface area contributed by atoms with E-state index in [1.165, 1.54) is 80.5 Å². The van der Waals surface area contributed by atoms with Gasteiger partial charge in [0.05, 0.1) is 0 Å². The van der Waals surface area contributed by atoms with E-state index in [0.29, 0.717) is 11.8 Å². The maximum atomic E-state index is 2.57. The summed E-state index contributed by atoms with van der Waals surface area (Å²) in [7, 11) is 0. The molecule has 6 rings (SSSR count). The molecule has 0 spiro atoms. The van der Waals surface area contributed by atoms with Crippen molar-refractivity contribution in [1.82, 2.24) is 0 Å². The molecule has 32 heavy (non-hydrogen) atoms. The van der Waals surface area contributed by atoms with Crippen molar-refractivity contribution in [2.24, 2.45) is 0 Å². The molecule has 2 unspecified atom stereocenters. The van der Waals surface area contributed by atoms with Crippen LogP contribution in [0.15, 0.2) is 72.8 Å². The quantitative estimate of drug-likeness (QED) is 0.306. The van der Waals surface area contributed by atoms with Crippen molar-refractivity contribution in [1.29, 1.82) is 0 Å². The van der Waals surface area contributed by atoms with E-state index in [4.69, 9.17) is 0 Å². The third kappa shape index (κ3) is 3.48. The summed E-state index contributed by atoms with van der Waals surface area (Å²) in [5, 5.41) is 2.73. The van der Waals surface area contributed by atoms with E-state index >= 15 is 0 Å². The molecule has 1 aliphatic heterocycles. The normalized spacial score (nSPS) is 20.1. The summed E-state index contributed by atoms with van der Waals surface area (Å²) in [5.74, 6) is 3.66. The fourth-order valence-electron chi connectivity index (χ4n) is 5.97. The highest BCUT2D eigenvalue weighted by atomic mass is 32.2. The number of thioether (sulfide) groups is 1. The molecule has 0 N–H and O–H groups in total. The molecule has 160 valence electrons. The van der Waals surface area contributed by atoms with Crippen LogP contribution in [0.4, 0.5) is 0 Å². The molecule has 0 aromatic heterocycles. The van der Waals surface area contributed by atoms with Crippen LogP contribution in [0.3, 0.4) is 0 Å². The second-order valence-corrected chi connectivity index (χ2v) is 10.9. The Balaban J connectivity index is 1.44. The topological polar surface area (TPSA) is 0 Å². The molecule has 1 saturated heterocycles. The molecule has 0 nitrogen and oxygen atoms in total. The van der Waals surface area contributed by atoms with Gasteiger partial charge in [0, 0.05) is 11.7 Å². The van der Waals surface area contributed by atoms with E-state index in [-0.39, 0.29) is 0 Å². The van der Waals surface area contributed by atoms with Gasteiger partial charge in [0.2, 0.25) is 0 Å². The molecule has 2 atom stereocenters. The van der Waals surface area contributed by atoms with Gasteiger partial charge >= 0.3 is 0 Å². The van der Waals surface area contributed by atoms with Crippen molar-refractivity contribution in [3.05, 3.63) is 106 Å². The van der Waals surface area contributed by atoms with Crippen LogP contribution < -0.4 is 0 Å². The number of benzene rings is 4. The minimum Gasteiger partial charge on any atom is -0.161 e. The van der Waals surface area contributed by atoms with Crippen LogP contribution in [0.5, 0.6) is 0 Å². The Labute approximate surface area is 196 Å². The number of aryl methyl sites for hydroxylation is 4. The summed E-state index contributed by atoms with van der Waals surface area (Å²) in [6.07, 6.45) is 3.60. The standard InChI is InChI=1S/C31H30S/c1-20-7-8-24-17-26(12-10-23(24)15-20)28-13-14-32-19-31(28)29-18-30-25(16-21(29)2)11-9-22-5-3-4-6-27(22)30/h3-8,10,12,15-18,28,31H,9,11,13-14,19H2,1-2H3. The predicted octanol–water partition coefficient (Wildman–Crippen LogP) is 8.23. The van der Waals surface area contributed by atoms with Crippen LogP contribution in [0.1, 0.15) is 51.6 Å². The summed E-state index contributed by atoms with van der Waals surface area (Å²) in [4.78, 5) is 0. The average molecular weight is 435 g/mol. The Bertz CT molecular complexity index is 1320. The lowest BCUT2D eigenvalue weighted by Crippen LogP contribution is -2.21. The van der Waals surface area contributed by atoms with Crippen molar-refractivity contribution in [2.45, 2.75) is 44.9 Å². The largest absolute Gasteiger partial charge is 0.161 e. The third-order valence-corrected chi connectivity index (χ3v) is 8.79. The van der Waals surface area contributed by atoms with Crippen LogP contribution in [0, 0.1) is 13.8 Å². The molecular weight excluding hydrogens is 404 g/mol. The van der Waals surface area contributed by atoms with Gasteiger partial charge in [0.1, 0.15) is 0 Å². The fraction of sp³-hybridized carbons (Fsp3) is 0.290. The van der Waals surface area contributed by atoms with Crippen LogP contribution in [0.25, 0.3) is 21.9 Å². The molecule has 1 heteroatoms. The Morgan fingerprint density at radius 1 is 0.719 bits per heavy atom. The van der Waals surface area contributed by atoms with Gasteiger partial charge in [-0.15, -0.1) is 0 Å². The lowest BCUT2D eigenvalue weighted by Gasteiger charge is -2.34. The van der Waals surface area contributed by atoms with Gasteiger partial charge in [-0.3, -0.25) is 0 Å². The van der Waals surface area contributed by atoms with E-state index in [1.807, 2.05) is 0 Å². The summed E-state index contributed by atoms with van der Waals surface area (Å²) in [5.41, 5.74) is 11.9. The maximum absolute atomic E-state index is 2.57. The average Bonchev–Trinajstić information content (AvgIpc) is 2.83. The van der Waals surface area contributed by atoms with Crippen molar-refractivity contribution in [3.63, 3.8) is 0 Å². The van der Waals surface area contributed by atoms with E-state index in [9.17, 15) is 0 Å². The molecule has 1 heterocycles. The van der Waals surface area contributed by atoms with Gasteiger partial charge in [-0.05, 0) is 94.5 Å². The summed E-state index contributed by atoms with van der Waals surface area (Å²) in [6, 6.07) is 28.1. The van der Waals surface area contributed by atoms with E-state index in [2.05, 4.69) is 98.4 Å². The number of fused-ring (bicyclic) bond motifs is 4. The number of rotatable bonds is 2. The Morgan fingerprint density at radius 2 is 1.53 bits per heavy atom. The zero-order chi connectivity index (χ0) is 21.7. The Kier molecular flexibility index (Phi) is 5.11. The van der Waals surface area contributed by atoms with Crippen molar-refractivity contribution in [3.8, 4) is 11.1 Å². The van der Waals surface area contributed by atoms with Gasteiger partial charge in [0.15, 0.2) is 0 Å². The number of hydrogen-bond donors (Lipinski definition) is 0. The minimum absolute atomic E-state index is 0.580. The zero-order valence-corrected chi connectivity index (χ0v) is 19.8. The van der Waals surface area contributed by atoms with Crippen molar-refractivity contribution in [2.75, 3.05) is 11.5 Å². The fourth-order valence-corrected chi connectivity index (χ4v) is 7.22. The zero-order valence-electron chi connectivity index (χ0n) is 19.0. The van der Waals surface area contributed by atoms with Gasteiger partial charge in [0.25, 0.3) is 0 Å². The molecule has 4 aromatic carbocycles. The van der Waals surface area contributed by atoms with E-state index < -0.39 is 0 Å². The van der Waals surface area contributed by atoms with Crippen LogP contribution in [0.2, 0.25) is 0 Å². The number of hydrogen-bond acceptors (Lipinski definition) is 1. The highest BCUT2D eigenvalue weighted by Gasteiger charge is 2.30. The molecule has 1 aliphatic carbocycles. The van der Waals surface area contributed by atoms with Crippen LogP contribution in [-0.2, 0) is 12.8 Å². The van der Waals surface area contributed by atoms with E-state index in [1.54, 1.807) is 5.56 Å². The first-order chi connectivity index (χ1) is 15.7. The lowest BCUT2D eigenvalue weighted by atomic mass is 9.76. The molecule has 0 radical (unpaired) electrons. The summed E-state index contributed by atoms with van der Waals surface area (Å²) >= 11 is 2.13. The maximum Gasteiger partial charge on any atom is 0.000747 e. The predicted molar refractivity (Wildman–Crippen MR) is 140 cm³/mol. The summed E-state index contributed by atoms with van der Waals surface area (Å²) < 4.78 is 0. The van der Waals surface area contributed by atoms with Gasteiger partial charge in [-0.25, -0.2) is 0 Å². The first kappa shape index (κ1) is 20.1. The molecule has 0 saturated carbocycles. The Hall–Kier alpha value is -2.51. The molecule has 2 aliphatic rings. The van der Waals surface area contributed by atoms with Crippen LogP contribution in [-0.4, -0.2) is 11.5 Å². The third-order valence-electron chi connectivity index (χ3n) is 7.67. The van der Waals surface area contributed by atoms with Crippen molar-refractivity contribution >= 4 is 22.5 Å². The smallest absolute Gasteiger partial charge is 0.000747 e. The first-order valence-corrected chi connectivity index (χ1v) is 13.1. The first-order valence-electron chi connectivity index (χ1n) is 12.0. The van der Waals surface area contributed by atoms with Gasteiger partial charge in [-0.1, -0.05) is 78.4 Å². The highest BCUT2D eigenvalue weighted by molar-refractivity contribution is 7.99. The molecular formula is C31H30S. The SMILES string of the molecule is Cc1ccc2cc(C3CCSCC3c3cc4c(cc3C)CCc3ccccc3-4)ccc2c1. The Morgan fingerprint density at radius 3 is 2.47 bits per heavy atom.